The molecule has 29 heavy (non-hydrogen) atoms. The molecule has 0 radical (unpaired) electrons. The molecule has 2 N–H and O–H groups in total. The lowest BCUT2D eigenvalue weighted by Gasteiger charge is -2.33. The number of hydrogen-bond donors (Lipinski definition) is 2. The quantitative estimate of drug-likeness (QED) is 0.226. The van der Waals surface area contributed by atoms with Gasteiger partial charge < -0.3 is 15.4 Å². The summed E-state index contributed by atoms with van der Waals surface area (Å²) >= 11 is 0. The van der Waals surface area contributed by atoms with E-state index in [9.17, 15) is 8.78 Å². The van der Waals surface area contributed by atoms with Crippen molar-refractivity contribution in [2.75, 3.05) is 39.4 Å². The normalized spacial score (nSPS) is 18.4. The Balaban J connectivity index is 0.00000300. The maximum atomic E-state index is 13.4. The van der Waals surface area contributed by atoms with E-state index in [-0.39, 0.29) is 24.0 Å². The highest BCUT2D eigenvalue weighted by Gasteiger charge is 2.21. The molecule has 0 amide bonds. The second-order valence-electron chi connectivity index (χ2n) is 7.72. The van der Waals surface area contributed by atoms with Crippen LogP contribution in [-0.2, 0) is 11.3 Å². The minimum Gasteiger partial charge on any atom is -0.379 e. The Morgan fingerprint density at radius 1 is 1.17 bits per heavy atom. The van der Waals surface area contributed by atoms with Gasteiger partial charge in [-0.05, 0) is 56.2 Å². The molecule has 8 heteroatoms. The molecule has 1 heterocycles. The van der Waals surface area contributed by atoms with Crippen LogP contribution in [-0.4, -0.2) is 56.3 Å². The Morgan fingerprint density at radius 2 is 1.93 bits per heavy atom. The third-order valence-corrected chi connectivity index (χ3v) is 5.22. The molecule has 0 atom stereocenters. The second-order valence-corrected chi connectivity index (χ2v) is 7.72. The number of halogens is 3. The molecule has 5 nitrogen and oxygen atoms in total. The fourth-order valence-corrected chi connectivity index (χ4v) is 3.40. The molecule has 164 valence electrons. The van der Waals surface area contributed by atoms with E-state index in [1.165, 1.54) is 25.0 Å². The van der Waals surface area contributed by atoms with Gasteiger partial charge in [-0.25, -0.2) is 8.78 Å². The van der Waals surface area contributed by atoms with E-state index in [1.807, 2.05) is 0 Å². The first-order valence-corrected chi connectivity index (χ1v) is 10.4. The minimum absolute atomic E-state index is 0. The van der Waals surface area contributed by atoms with Crippen LogP contribution in [0, 0.1) is 17.6 Å². The highest BCUT2D eigenvalue weighted by atomic mass is 127. The molecule has 0 spiro atoms. The van der Waals surface area contributed by atoms with Gasteiger partial charge in [0.25, 0.3) is 0 Å². The number of rotatable bonds is 9. The van der Waals surface area contributed by atoms with Crippen molar-refractivity contribution in [3.05, 3.63) is 35.4 Å². The molecular formula is C21H33F2IN4O. The standard InChI is InChI=1S/C21H32F2N4O.HI/c1-2-24-21(25-9-12-28-15-16-3-4-16)26-18-7-10-27(11-8-18)14-17-5-6-19(22)20(23)13-17;/h5-6,13,16,18H,2-4,7-12,14-15H2,1H3,(H2,24,25,26);1H. The van der Waals surface area contributed by atoms with Gasteiger partial charge in [0, 0.05) is 38.8 Å². The van der Waals surface area contributed by atoms with Crippen LogP contribution < -0.4 is 10.6 Å². The summed E-state index contributed by atoms with van der Waals surface area (Å²) in [6.07, 6.45) is 4.60. The van der Waals surface area contributed by atoms with Crippen molar-refractivity contribution in [1.82, 2.24) is 15.5 Å². The largest absolute Gasteiger partial charge is 0.379 e. The smallest absolute Gasteiger partial charge is 0.191 e. The number of nitrogens with one attached hydrogen (secondary N) is 2. The molecule has 0 bridgehead atoms. The van der Waals surface area contributed by atoms with Crippen molar-refractivity contribution >= 4 is 29.9 Å². The van der Waals surface area contributed by atoms with Crippen LogP contribution in [0.2, 0.25) is 0 Å². The number of ether oxygens (including phenoxy) is 1. The van der Waals surface area contributed by atoms with Crippen LogP contribution in [0.5, 0.6) is 0 Å². The molecule has 1 aromatic rings. The second kappa shape index (κ2) is 12.6. The fraction of sp³-hybridized carbons (Fsp3) is 0.667. The van der Waals surface area contributed by atoms with Crippen LogP contribution in [0.1, 0.15) is 38.2 Å². The van der Waals surface area contributed by atoms with Crippen molar-refractivity contribution < 1.29 is 13.5 Å². The van der Waals surface area contributed by atoms with E-state index in [2.05, 4.69) is 27.4 Å². The van der Waals surface area contributed by atoms with E-state index >= 15 is 0 Å². The van der Waals surface area contributed by atoms with Gasteiger partial charge in [0.1, 0.15) is 0 Å². The van der Waals surface area contributed by atoms with Crippen LogP contribution in [0.4, 0.5) is 8.78 Å². The van der Waals surface area contributed by atoms with Crippen molar-refractivity contribution in [2.45, 2.75) is 45.2 Å². The molecule has 1 aromatic carbocycles. The van der Waals surface area contributed by atoms with Gasteiger partial charge in [-0.3, -0.25) is 9.89 Å². The number of nitrogens with zero attached hydrogens (tertiary/aromatic N) is 2. The predicted octanol–water partition coefficient (Wildman–Crippen LogP) is 3.53. The molecule has 2 aliphatic rings. The van der Waals surface area contributed by atoms with Crippen molar-refractivity contribution in [3.63, 3.8) is 0 Å². The van der Waals surface area contributed by atoms with Gasteiger partial charge >= 0.3 is 0 Å². The lowest BCUT2D eigenvalue weighted by molar-refractivity contribution is 0.131. The van der Waals surface area contributed by atoms with Crippen LogP contribution >= 0.6 is 24.0 Å². The average Bonchev–Trinajstić information content (AvgIpc) is 3.50. The zero-order valence-electron chi connectivity index (χ0n) is 17.1. The average molecular weight is 522 g/mol. The van der Waals surface area contributed by atoms with E-state index in [4.69, 9.17) is 4.74 Å². The zero-order valence-corrected chi connectivity index (χ0v) is 19.5. The summed E-state index contributed by atoms with van der Waals surface area (Å²) in [4.78, 5) is 6.89. The number of guanidine groups is 1. The maximum Gasteiger partial charge on any atom is 0.191 e. The molecule has 3 rings (SSSR count). The summed E-state index contributed by atoms with van der Waals surface area (Å²) in [6, 6.07) is 4.52. The number of hydrogen-bond acceptors (Lipinski definition) is 3. The predicted molar refractivity (Wildman–Crippen MR) is 123 cm³/mol. The highest BCUT2D eigenvalue weighted by Crippen LogP contribution is 2.28. The number of benzene rings is 1. The number of piperidine rings is 1. The van der Waals surface area contributed by atoms with E-state index < -0.39 is 11.6 Å². The van der Waals surface area contributed by atoms with Gasteiger partial charge in [0.15, 0.2) is 17.6 Å². The first kappa shape index (κ1) is 24.3. The lowest BCUT2D eigenvalue weighted by Crippen LogP contribution is -2.48. The fourth-order valence-electron chi connectivity index (χ4n) is 3.40. The molecule has 1 aliphatic carbocycles. The lowest BCUT2D eigenvalue weighted by atomic mass is 10.0. The molecular weight excluding hydrogens is 489 g/mol. The van der Waals surface area contributed by atoms with E-state index in [0.717, 1.165) is 56.5 Å². The highest BCUT2D eigenvalue weighted by molar-refractivity contribution is 14.0. The molecule has 0 aromatic heterocycles. The Morgan fingerprint density at radius 3 is 2.59 bits per heavy atom. The van der Waals surface area contributed by atoms with Crippen molar-refractivity contribution in [2.24, 2.45) is 10.9 Å². The maximum absolute atomic E-state index is 13.4. The number of likely N-dealkylation sites (tertiary alicyclic amines) is 1. The topological polar surface area (TPSA) is 48.9 Å². The minimum atomic E-state index is -0.792. The van der Waals surface area contributed by atoms with Crippen molar-refractivity contribution in [1.29, 1.82) is 0 Å². The van der Waals surface area contributed by atoms with Gasteiger partial charge in [-0.2, -0.15) is 0 Å². The Hall–Kier alpha value is -1.00. The Labute approximate surface area is 189 Å². The summed E-state index contributed by atoms with van der Waals surface area (Å²) < 4.78 is 32.1. The van der Waals surface area contributed by atoms with E-state index in [1.54, 1.807) is 6.07 Å². The molecule has 2 fully saturated rings. The summed E-state index contributed by atoms with van der Waals surface area (Å²) in [5, 5.41) is 6.81. The summed E-state index contributed by atoms with van der Waals surface area (Å²) in [5.74, 6) is 0.0602. The van der Waals surface area contributed by atoms with Crippen LogP contribution in [0.15, 0.2) is 23.2 Å². The third-order valence-electron chi connectivity index (χ3n) is 5.22. The summed E-state index contributed by atoms with van der Waals surface area (Å²) in [7, 11) is 0. The molecule has 0 unspecified atom stereocenters. The van der Waals surface area contributed by atoms with Gasteiger partial charge in [-0.1, -0.05) is 6.07 Å². The summed E-state index contributed by atoms with van der Waals surface area (Å²) in [6.45, 7) is 7.57. The Bertz CT molecular complexity index is 650. The van der Waals surface area contributed by atoms with Crippen LogP contribution in [0.3, 0.4) is 0 Å². The Kier molecular flexibility index (Phi) is 10.6. The van der Waals surface area contributed by atoms with Gasteiger partial charge in [0.05, 0.1) is 13.2 Å². The molecule has 1 saturated carbocycles. The van der Waals surface area contributed by atoms with Gasteiger partial charge in [0.2, 0.25) is 0 Å². The van der Waals surface area contributed by atoms with Gasteiger partial charge in [-0.15, -0.1) is 24.0 Å². The van der Waals surface area contributed by atoms with E-state index in [0.29, 0.717) is 25.7 Å². The monoisotopic (exact) mass is 522 g/mol. The first-order chi connectivity index (χ1) is 13.6. The summed E-state index contributed by atoms with van der Waals surface area (Å²) in [5.41, 5.74) is 0.811. The number of aliphatic imine (C=N–C) groups is 1. The molecule has 1 aliphatic heterocycles. The zero-order chi connectivity index (χ0) is 19.8. The van der Waals surface area contributed by atoms with Crippen LogP contribution in [0.25, 0.3) is 0 Å². The molecule has 1 saturated heterocycles. The SMILES string of the molecule is CCNC(=NCCOCC1CC1)NC1CCN(Cc2ccc(F)c(F)c2)CC1.I. The first-order valence-electron chi connectivity index (χ1n) is 10.4. The van der Waals surface area contributed by atoms with Crippen molar-refractivity contribution in [3.8, 4) is 0 Å². The third kappa shape index (κ3) is 8.72.